The van der Waals surface area contributed by atoms with Crippen LogP contribution in [0.4, 0.5) is 4.79 Å². The SMILES string of the molecule is O=C(CN1C(=O)C(=O)N(CCC2=CCCCC2)C1=O)c1ccc(S(=O)(=O)N2CCCCC2)cc1. The van der Waals surface area contributed by atoms with E-state index in [0.717, 1.165) is 49.8 Å². The quantitative estimate of drug-likeness (QED) is 0.241. The van der Waals surface area contributed by atoms with Crippen molar-refractivity contribution in [3.63, 3.8) is 0 Å². The third-order valence-electron chi connectivity index (χ3n) is 6.61. The highest BCUT2D eigenvalue weighted by Gasteiger charge is 2.45. The second kappa shape index (κ2) is 10.2. The maximum atomic E-state index is 12.8. The first-order valence-corrected chi connectivity index (χ1v) is 13.2. The van der Waals surface area contributed by atoms with Crippen LogP contribution in [0.15, 0.2) is 40.8 Å². The van der Waals surface area contributed by atoms with E-state index < -0.39 is 40.2 Å². The lowest BCUT2D eigenvalue weighted by molar-refractivity contribution is -0.143. The van der Waals surface area contributed by atoms with Gasteiger partial charge in [-0.25, -0.2) is 18.1 Å². The predicted octanol–water partition coefficient (Wildman–Crippen LogP) is 2.73. The minimum absolute atomic E-state index is 0.0950. The van der Waals surface area contributed by atoms with Crippen molar-refractivity contribution in [3.8, 4) is 0 Å². The average molecular weight is 488 g/mol. The van der Waals surface area contributed by atoms with Crippen molar-refractivity contribution in [1.82, 2.24) is 14.1 Å². The van der Waals surface area contributed by atoms with Gasteiger partial charge in [-0.2, -0.15) is 4.31 Å². The first-order chi connectivity index (χ1) is 16.3. The zero-order chi connectivity index (χ0) is 24.3. The largest absolute Gasteiger partial charge is 0.334 e. The van der Waals surface area contributed by atoms with E-state index in [2.05, 4.69) is 6.08 Å². The molecule has 2 saturated heterocycles. The smallest absolute Gasteiger partial charge is 0.292 e. The molecule has 182 valence electrons. The Balaban J connectivity index is 1.39. The molecule has 0 unspecified atom stereocenters. The number of allylic oxidation sites excluding steroid dienone is 1. The van der Waals surface area contributed by atoms with E-state index in [1.165, 1.54) is 34.1 Å². The zero-order valence-electron chi connectivity index (χ0n) is 19.1. The minimum atomic E-state index is -3.63. The molecular weight excluding hydrogens is 458 g/mol. The van der Waals surface area contributed by atoms with Gasteiger partial charge in [0.25, 0.3) is 0 Å². The molecule has 0 spiro atoms. The van der Waals surface area contributed by atoms with Gasteiger partial charge < -0.3 is 0 Å². The number of sulfonamides is 1. The number of amides is 4. The third-order valence-corrected chi connectivity index (χ3v) is 8.52. The van der Waals surface area contributed by atoms with Crippen molar-refractivity contribution in [3.05, 3.63) is 41.5 Å². The number of ketones is 1. The second-order valence-electron chi connectivity index (χ2n) is 8.90. The summed E-state index contributed by atoms with van der Waals surface area (Å²) in [5.74, 6) is -2.48. The molecule has 0 aromatic heterocycles. The molecule has 2 heterocycles. The highest BCUT2D eigenvalue weighted by Crippen LogP contribution is 2.23. The number of piperidine rings is 1. The van der Waals surface area contributed by atoms with Crippen LogP contribution in [0, 0.1) is 0 Å². The summed E-state index contributed by atoms with van der Waals surface area (Å²) >= 11 is 0. The fourth-order valence-electron chi connectivity index (χ4n) is 4.58. The van der Waals surface area contributed by atoms with E-state index in [1.54, 1.807) is 0 Å². The molecule has 0 atom stereocenters. The Morgan fingerprint density at radius 3 is 2.18 bits per heavy atom. The van der Waals surface area contributed by atoms with Crippen molar-refractivity contribution in [2.75, 3.05) is 26.2 Å². The molecule has 0 bridgehead atoms. The number of hydrogen-bond acceptors (Lipinski definition) is 6. The summed E-state index contributed by atoms with van der Waals surface area (Å²) in [5.41, 5.74) is 1.34. The molecule has 1 aromatic carbocycles. The van der Waals surface area contributed by atoms with Gasteiger partial charge in [0.1, 0.15) is 0 Å². The number of Topliss-reactive ketones (excluding diaryl/α,β-unsaturated/α-hetero) is 1. The molecule has 34 heavy (non-hydrogen) atoms. The fourth-order valence-corrected chi connectivity index (χ4v) is 6.09. The molecule has 0 radical (unpaired) electrons. The molecule has 1 aromatic rings. The molecule has 2 fully saturated rings. The third kappa shape index (κ3) is 4.97. The molecule has 9 nitrogen and oxygen atoms in total. The maximum absolute atomic E-state index is 12.8. The normalized spacial score (nSPS) is 20.1. The topological polar surface area (TPSA) is 112 Å². The lowest BCUT2D eigenvalue weighted by Crippen LogP contribution is -2.37. The van der Waals surface area contributed by atoms with E-state index >= 15 is 0 Å². The molecule has 2 aliphatic heterocycles. The summed E-state index contributed by atoms with van der Waals surface area (Å²) in [5, 5.41) is 0. The number of hydrogen-bond donors (Lipinski definition) is 0. The Bertz CT molecular complexity index is 1120. The van der Waals surface area contributed by atoms with E-state index in [4.69, 9.17) is 0 Å². The Hall–Kier alpha value is -2.85. The molecular formula is C24H29N3O6S. The standard InChI is InChI=1S/C24H29N3O6S/c28-21(19-9-11-20(12-10-19)34(32,33)25-14-5-2-6-15-25)17-27-23(30)22(29)26(24(27)31)16-13-18-7-3-1-4-8-18/h7,9-12H,1-6,8,13-17H2. The van der Waals surface area contributed by atoms with Crippen LogP contribution in [-0.2, 0) is 19.6 Å². The second-order valence-corrected chi connectivity index (χ2v) is 10.8. The lowest BCUT2D eigenvalue weighted by Gasteiger charge is -2.25. The highest BCUT2D eigenvalue weighted by atomic mass is 32.2. The van der Waals surface area contributed by atoms with Gasteiger partial charge in [0, 0.05) is 25.2 Å². The van der Waals surface area contributed by atoms with Crippen LogP contribution in [-0.4, -0.2) is 72.3 Å². The Morgan fingerprint density at radius 1 is 0.853 bits per heavy atom. The number of urea groups is 1. The monoisotopic (exact) mass is 487 g/mol. The molecule has 1 aliphatic carbocycles. The van der Waals surface area contributed by atoms with E-state index in [-0.39, 0.29) is 17.0 Å². The summed E-state index contributed by atoms with van der Waals surface area (Å²) in [6.45, 7) is 0.498. The maximum Gasteiger partial charge on any atom is 0.334 e. The Kier molecular flexibility index (Phi) is 7.27. The van der Waals surface area contributed by atoms with E-state index in [0.29, 0.717) is 24.4 Å². The van der Waals surface area contributed by atoms with Crippen LogP contribution in [0.3, 0.4) is 0 Å². The lowest BCUT2D eigenvalue weighted by atomic mass is 9.97. The van der Waals surface area contributed by atoms with Crippen LogP contribution >= 0.6 is 0 Å². The van der Waals surface area contributed by atoms with Gasteiger partial charge in [0.15, 0.2) is 5.78 Å². The van der Waals surface area contributed by atoms with Gasteiger partial charge in [0.2, 0.25) is 10.0 Å². The summed E-state index contributed by atoms with van der Waals surface area (Å²) in [6.07, 6.45) is 9.40. The van der Waals surface area contributed by atoms with Gasteiger partial charge in [-0.1, -0.05) is 18.1 Å². The van der Waals surface area contributed by atoms with Crippen LogP contribution in [0.25, 0.3) is 0 Å². The molecule has 4 rings (SSSR count). The van der Waals surface area contributed by atoms with Crippen LogP contribution < -0.4 is 0 Å². The number of carbonyl (C=O) groups excluding carboxylic acids is 4. The summed E-state index contributed by atoms with van der Waals surface area (Å²) < 4.78 is 27.0. The number of nitrogens with zero attached hydrogens (tertiary/aromatic N) is 3. The minimum Gasteiger partial charge on any atom is -0.292 e. The first-order valence-electron chi connectivity index (χ1n) is 11.8. The van der Waals surface area contributed by atoms with E-state index in [9.17, 15) is 27.6 Å². The molecule has 4 amide bonds. The van der Waals surface area contributed by atoms with Gasteiger partial charge >= 0.3 is 17.8 Å². The molecule has 0 N–H and O–H groups in total. The van der Waals surface area contributed by atoms with Crippen molar-refractivity contribution in [1.29, 1.82) is 0 Å². The van der Waals surface area contributed by atoms with E-state index in [1.807, 2.05) is 0 Å². The first kappa shape index (κ1) is 24.3. The summed E-state index contributed by atoms with van der Waals surface area (Å²) in [4.78, 5) is 51.8. The molecule has 0 saturated carbocycles. The number of benzene rings is 1. The van der Waals surface area contributed by atoms with Crippen molar-refractivity contribution in [2.24, 2.45) is 0 Å². The van der Waals surface area contributed by atoms with Gasteiger partial charge in [0.05, 0.1) is 11.4 Å². The summed E-state index contributed by atoms with van der Waals surface area (Å²) in [6, 6.07) is 4.68. The molecule has 10 heteroatoms. The van der Waals surface area contributed by atoms with Crippen molar-refractivity contribution < 1.29 is 27.6 Å². The van der Waals surface area contributed by atoms with Gasteiger partial charge in [-0.05, 0) is 69.2 Å². The zero-order valence-corrected chi connectivity index (χ0v) is 19.9. The van der Waals surface area contributed by atoms with Crippen molar-refractivity contribution in [2.45, 2.75) is 56.3 Å². The predicted molar refractivity (Wildman–Crippen MR) is 123 cm³/mol. The average Bonchev–Trinajstić information content (AvgIpc) is 3.06. The van der Waals surface area contributed by atoms with Crippen molar-refractivity contribution >= 4 is 33.7 Å². The van der Waals surface area contributed by atoms with Gasteiger partial charge in [-0.3, -0.25) is 19.3 Å². The number of rotatable bonds is 8. The Labute approximate surface area is 199 Å². The molecule has 3 aliphatic rings. The Morgan fingerprint density at radius 2 is 1.53 bits per heavy atom. The van der Waals surface area contributed by atoms with Crippen LogP contribution in [0.5, 0.6) is 0 Å². The fraction of sp³-hybridized carbons (Fsp3) is 0.500. The van der Waals surface area contributed by atoms with Crippen LogP contribution in [0.1, 0.15) is 61.7 Å². The van der Waals surface area contributed by atoms with Gasteiger partial charge in [-0.15, -0.1) is 0 Å². The number of imide groups is 2. The number of carbonyl (C=O) groups is 4. The van der Waals surface area contributed by atoms with Crippen LogP contribution in [0.2, 0.25) is 0 Å². The highest BCUT2D eigenvalue weighted by molar-refractivity contribution is 7.89. The summed E-state index contributed by atoms with van der Waals surface area (Å²) in [7, 11) is -3.63.